The fourth-order valence-corrected chi connectivity index (χ4v) is 2.45. The number of anilines is 1. The highest BCUT2D eigenvalue weighted by molar-refractivity contribution is 6.07. The number of ether oxygens (including phenoxy) is 1. The van der Waals surface area contributed by atoms with Crippen LogP contribution in [0, 0.1) is 5.82 Å². The van der Waals surface area contributed by atoms with Gasteiger partial charge in [-0.15, -0.1) is 0 Å². The van der Waals surface area contributed by atoms with E-state index >= 15 is 0 Å². The monoisotopic (exact) mass is 326 g/mol. The van der Waals surface area contributed by atoms with E-state index in [1.54, 1.807) is 41.8 Å². The van der Waals surface area contributed by atoms with Gasteiger partial charge in [-0.1, -0.05) is 18.2 Å². The minimum absolute atomic E-state index is 0.0751. The molecule has 0 saturated carbocycles. The lowest BCUT2D eigenvalue weighted by Crippen LogP contribution is -2.15. The number of rotatable bonds is 4. The van der Waals surface area contributed by atoms with Crippen molar-refractivity contribution in [3.05, 3.63) is 71.8 Å². The average Bonchev–Trinajstić information content (AvgIpc) is 2.97. The van der Waals surface area contributed by atoms with Crippen molar-refractivity contribution in [2.45, 2.75) is 6.92 Å². The summed E-state index contributed by atoms with van der Waals surface area (Å²) in [7, 11) is 0. The first-order valence-corrected chi connectivity index (χ1v) is 7.45. The zero-order chi connectivity index (χ0) is 17.1. The summed E-state index contributed by atoms with van der Waals surface area (Å²) in [6, 6.07) is 12.6. The van der Waals surface area contributed by atoms with Crippen LogP contribution in [0.2, 0.25) is 0 Å². The van der Waals surface area contributed by atoms with Gasteiger partial charge in [0, 0.05) is 6.20 Å². The van der Waals surface area contributed by atoms with Crippen LogP contribution in [0.5, 0.6) is 0 Å². The minimum Gasteiger partial charge on any atom is -0.462 e. The molecule has 0 atom stereocenters. The van der Waals surface area contributed by atoms with Gasteiger partial charge in [0.1, 0.15) is 11.5 Å². The summed E-state index contributed by atoms with van der Waals surface area (Å²) in [6.07, 6.45) is 1.66. The average molecular weight is 326 g/mol. The molecular weight excluding hydrogens is 311 g/mol. The first-order chi connectivity index (χ1) is 11.6. The number of esters is 1. The molecule has 0 aliphatic carbocycles. The van der Waals surface area contributed by atoms with Crippen LogP contribution in [0.15, 0.2) is 54.7 Å². The quantitative estimate of drug-likeness (QED) is 0.746. The number of carbonyl (C=O) groups is 2. The van der Waals surface area contributed by atoms with Crippen LogP contribution in [0.3, 0.4) is 0 Å². The number of amides is 1. The smallest absolute Gasteiger partial charge is 0.340 e. The maximum Gasteiger partial charge on any atom is 0.340 e. The number of nitrogens with one attached hydrogen (secondary N) is 1. The second-order valence-corrected chi connectivity index (χ2v) is 5.05. The summed E-state index contributed by atoms with van der Waals surface area (Å²) >= 11 is 0. The Morgan fingerprint density at radius 2 is 1.92 bits per heavy atom. The number of carbonyl (C=O) groups excluding carboxylic acids is 2. The van der Waals surface area contributed by atoms with Crippen molar-refractivity contribution in [3.63, 3.8) is 0 Å². The molecule has 6 heteroatoms. The zero-order valence-electron chi connectivity index (χ0n) is 13.0. The van der Waals surface area contributed by atoms with Crippen molar-refractivity contribution in [2.24, 2.45) is 0 Å². The molecule has 3 rings (SSSR count). The maximum atomic E-state index is 13.7. The van der Waals surface area contributed by atoms with E-state index in [2.05, 4.69) is 5.32 Å². The zero-order valence-corrected chi connectivity index (χ0v) is 13.0. The summed E-state index contributed by atoms with van der Waals surface area (Å²) in [5.74, 6) is -1.56. The second-order valence-electron chi connectivity index (χ2n) is 5.05. The number of hydrogen-bond acceptors (Lipinski definition) is 3. The molecule has 24 heavy (non-hydrogen) atoms. The number of pyridine rings is 1. The van der Waals surface area contributed by atoms with Crippen molar-refractivity contribution in [1.29, 1.82) is 0 Å². The Morgan fingerprint density at radius 1 is 1.17 bits per heavy atom. The van der Waals surface area contributed by atoms with E-state index in [1.165, 1.54) is 24.3 Å². The molecule has 0 aliphatic heterocycles. The van der Waals surface area contributed by atoms with Gasteiger partial charge in [0.25, 0.3) is 5.91 Å². The molecule has 0 fully saturated rings. The highest BCUT2D eigenvalue weighted by Crippen LogP contribution is 2.20. The molecule has 1 amide bonds. The number of benzene rings is 1. The Morgan fingerprint density at radius 3 is 2.67 bits per heavy atom. The fourth-order valence-electron chi connectivity index (χ4n) is 2.45. The first-order valence-electron chi connectivity index (χ1n) is 7.45. The number of hydrogen-bond donors (Lipinski definition) is 1. The van der Waals surface area contributed by atoms with Crippen molar-refractivity contribution in [1.82, 2.24) is 4.40 Å². The molecule has 0 bridgehead atoms. The molecule has 1 N–H and O–H groups in total. The molecule has 3 aromatic rings. The van der Waals surface area contributed by atoms with Crippen LogP contribution in [0.25, 0.3) is 5.52 Å². The highest BCUT2D eigenvalue weighted by Gasteiger charge is 2.20. The predicted molar refractivity (Wildman–Crippen MR) is 87.7 cm³/mol. The largest absolute Gasteiger partial charge is 0.462 e. The number of para-hydroxylation sites is 1. The molecular formula is C18H15FN2O3. The molecule has 2 heterocycles. The van der Waals surface area contributed by atoms with Crippen molar-refractivity contribution in [3.8, 4) is 0 Å². The normalized spacial score (nSPS) is 10.6. The van der Waals surface area contributed by atoms with Crippen molar-refractivity contribution >= 4 is 23.1 Å². The summed E-state index contributed by atoms with van der Waals surface area (Å²) in [5, 5.41) is 2.52. The van der Waals surface area contributed by atoms with Crippen LogP contribution in [-0.2, 0) is 4.74 Å². The van der Waals surface area contributed by atoms with E-state index in [0.717, 1.165) is 0 Å². The Hall–Kier alpha value is -3.15. The standard InChI is InChI=1S/C18H15FN2O3/c1-2-24-18(23)12-11-16(21-10-6-5-9-15(12)21)17(22)20-14-8-4-3-7-13(14)19/h3-11H,2H2,1H3,(H,20,22). The van der Waals surface area contributed by atoms with E-state index in [0.29, 0.717) is 5.52 Å². The van der Waals surface area contributed by atoms with Crippen LogP contribution in [-0.4, -0.2) is 22.9 Å². The Balaban J connectivity index is 2.01. The summed E-state index contributed by atoms with van der Waals surface area (Å²) < 4.78 is 20.3. The van der Waals surface area contributed by atoms with Gasteiger partial charge in [-0.3, -0.25) is 4.79 Å². The Bertz CT molecular complexity index is 918. The lowest BCUT2D eigenvalue weighted by Gasteiger charge is -2.06. The van der Waals surface area contributed by atoms with Crippen molar-refractivity contribution < 1.29 is 18.7 Å². The van der Waals surface area contributed by atoms with E-state index in [1.807, 2.05) is 0 Å². The van der Waals surface area contributed by atoms with Crippen LogP contribution in [0.1, 0.15) is 27.8 Å². The van der Waals surface area contributed by atoms with E-state index in [9.17, 15) is 14.0 Å². The van der Waals surface area contributed by atoms with Crippen molar-refractivity contribution in [2.75, 3.05) is 11.9 Å². The third kappa shape index (κ3) is 2.86. The summed E-state index contributed by atoms with van der Waals surface area (Å²) in [5.41, 5.74) is 1.13. The van der Waals surface area contributed by atoms with Gasteiger partial charge in [-0.25, -0.2) is 9.18 Å². The third-order valence-corrected chi connectivity index (χ3v) is 3.53. The maximum absolute atomic E-state index is 13.7. The molecule has 5 nitrogen and oxygen atoms in total. The molecule has 122 valence electrons. The molecule has 0 unspecified atom stereocenters. The van der Waals surface area contributed by atoms with Crippen LogP contribution >= 0.6 is 0 Å². The molecule has 1 aromatic carbocycles. The fraction of sp³-hybridized carbons (Fsp3) is 0.111. The lowest BCUT2D eigenvalue weighted by molar-refractivity contribution is 0.0529. The lowest BCUT2D eigenvalue weighted by atomic mass is 10.2. The SMILES string of the molecule is CCOC(=O)c1cc(C(=O)Nc2ccccc2F)n2ccccc12. The number of halogens is 1. The predicted octanol–water partition coefficient (Wildman–Crippen LogP) is 3.51. The Kier molecular flexibility index (Phi) is 4.29. The molecule has 0 spiro atoms. The van der Waals surface area contributed by atoms with Gasteiger partial charge in [0.15, 0.2) is 0 Å². The molecule has 0 saturated heterocycles. The van der Waals surface area contributed by atoms with Gasteiger partial charge in [-0.05, 0) is 37.3 Å². The summed E-state index contributed by atoms with van der Waals surface area (Å²) in [4.78, 5) is 24.6. The Labute approximate surface area is 137 Å². The first kappa shape index (κ1) is 15.7. The third-order valence-electron chi connectivity index (χ3n) is 3.53. The second kappa shape index (κ2) is 6.54. The van der Waals surface area contributed by atoms with E-state index in [4.69, 9.17) is 4.74 Å². The number of nitrogens with zero attached hydrogens (tertiary/aromatic N) is 1. The van der Waals surface area contributed by atoms with Gasteiger partial charge < -0.3 is 14.5 Å². The highest BCUT2D eigenvalue weighted by atomic mass is 19.1. The van der Waals surface area contributed by atoms with Gasteiger partial charge in [0.05, 0.1) is 23.4 Å². The van der Waals surface area contributed by atoms with Gasteiger partial charge in [-0.2, -0.15) is 0 Å². The minimum atomic E-state index is -0.530. The van der Waals surface area contributed by atoms with Crippen LogP contribution in [0.4, 0.5) is 10.1 Å². The van der Waals surface area contributed by atoms with E-state index in [-0.39, 0.29) is 23.6 Å². The molecule has 2 aromatic heterocycles. The summed E-state index contributed by atoms with van der Waals surface area (Å²) in [6.45, 7) is 1.95. The van der Waals surface area contributed by atoms with E-state index < -0.39 is 17.7 Å². The van der Waals surface area contributed by atoms with Gasteiger partial charge in [0.2, 0.25) is 0 Å². The number of aromatic nitrogens is 1. The topological polar surface area (TPSA) is 59.8 Å². The van der Waals surface area contributed by atoms with Crippen LogP contribution < -0.4 is 5.32 Å². The molecule has 0 radical (unpaired) electrons. The van der Waals surface area contributed by atoms with Gasteiger partial charge >= 0.3 is 5.97 Å². The molecule has 0 aliphatic rings. The number of fused-ring (bicyclic) bond motifs is 1.